The Hall–Kier alpha value is -1.35. The first-order valence-corrected chi connectivity index (χ1v) is 6.66. The fourth-order valence-corrected chi connectivity index (χ4v) is 1.99. The number of anilines is 1. The third-order valence-corrected chi connectivity index (χ3v) is 3.01. The van der Waals surface area contributed by atoms with Crippen LogP contribution in [0.3, 0.4) is 0 Å². The van der Waals surface area contributed by atoms with Gasteiger partial charge in [0, 0.05) is 12.2 Å². The van der Waals surface area contributed by atoms with Gasteiger partial charge < -0.3 is 11.1 Å². The van der Waals surface area contributed by atoms with Crippen molar-refractivity contribution in [3.05, 3.63) is 29.8 Å². The van der Waals surface area contributed by atoms with E-state index in [-0.39, 0.29) is 11.8 Å². The second-order valence-electron chi connectivity index (χ2n) is 5.11. The summed E-state index contributed by atoms with van der Waals surface area (Å²) in [5.41, 5.74) is 7.76. The summed E-state index contributed by atoms with van der Waals surface area (Å²) in [5.74, 6) is 0.404. The lowest BCUT2D eigenvalue weighted by Crippen LogP contribution is -2.30. The van der Waals surface area contributed by atoms with Gasteiger partial charge in [0.2, 0.25) is 5.91 Å². The van der Waals surface area contributed by atoms with Gasteiger partial charge in [0.05, 0.1) is 5.92 Å². The van der Waals surface area contributed by atoms with Crippen molar-refractivity contribution in [2.24, 2.45) is 17.6 Å². The molecule has 1 aromatic rings. The van der Waals surface area contributed by atoms with Crippen LogP contribution in [0, 0.1) is 11.8 Å². The van der Waals surface area contributed by atoms with Crippen molar-refractivity contribution in [3.8, 4) is 0 Å². The van der Waals surface area contributed by atoms with E-state index in [0.717, 1.165) is 18.5 Å². The van der Waals surface area contributed by atoms with Crippen LogP contribution >= 0.6 is 0 Å². The maximum Gasteiger partial charge on any atom is 0.228 e. The van der Waals surface area contributed by atoms with Gasteiger partial charge >= 0.3 is 0 Å². The molecule has 0 aliphatic rings. The number of rotatable bonds is 6. The Kier molecular flexibility index (Phi) is 5.86. The van der Waals surface area contributed by atoms with E-state index < -0.39 is 0 Å². The smallest absolute Gasteiger partial charge is 0.228 e. The fourth-order valence-electron chi connectivity index (χ4n) is 1.99. The Morgan fingerprint density at radius 3 is 2.67 bits per heavy atom. The Labute approximate surface area is 110 Å². The number of nitrogens with two attached hydrogens (primary N) is 1. The van der Waals surface area contributed by atoms with E-state index in [9.17, 15) is 4.79 Å². The van der Waals surface area contributed by atoms with Crippen molar-refractivity contribution in [1.82, 2.24) is 0 Å². The quantitative estimate of drug-likeness (QED) is 0.813. The predicted molar refractivity (Wildman–Crippen MR) is 76.4 cm³/mol. The molecule has 0 aromatic heterocycles. The van der Waals surface area contributed by atoms with Gasteiger partial charge in [-0.25, -0.2) is 0 Å². The summed E-state index contributed by atoms with van der Waals surface area (Å²) < 4.78 is 0. The lowest BCUT2D eigenvalue weighted by Gasteiger charge is -2.17. The Morgan fingerprint density at radius 1 is 1.39 bits per heavy atom. The zero-order valence-electron chi connectivity index (χ0n) is 11.6. The SMILES string of the molecule is CCc1cccc(NC(=O)C(CN)CC(C)C)c1. The van der Waals surface area contributed by atoms with Crippen molar-refractivity contribution in [1.29, 1.82) is 0 Å². The monoisotopic (exact) mass is 248 g/mol. The number of carbonyl (C=O) groups excluding carboxylic acids is 1. The molecule has 3 nitrogen and oxygen atoms in total. The molecule has 0 bridgehead atoms. The molecule has 1 unspecified atom stereocenters. The second-order valence-corrected chi connectivity index (χ2v) is 5.11. The van der Waals surface area contributed by atoms with Crippen molar-refractivity contribution in [3.63, 3.8) is 0 Å². The summed E-state index contributed by atoms with van der Waals surface area (Å²) in [5, 5.41) is 2.95. The van der Waals surface area contributed by atoms with Gasteiger partial charge in [-0.05, 0) is 36.5 Å². The van der Waals surface area contributed by atoms with Crippen LogP contribution in [0.1, 0.15) is 32.8 Å². The van der Waals surface area contributed by atoms with E-state index >= 15 is 0 Å². The van der Waals surface area contributed by atoms with E-state index in [4.69, 9.17) is 5.73 Å². The molecule has 1 atom stereocenters. The van der Waals surface area contributed by atoms with Gasteiger partial charge in [-0.2, -0.15) is 0 Å². The van der Waals surface area contributed by atoms with Crippen LogP contribution in [0.2, 0.25) is 0 Å². The number of hydrogen-bond donors (Lipinski definition) is 2. The topological polar surface area (TPSA) is 55.1 Å². The maximum atomic E-state index is 12.1. The normalized spacial score (nSPS) is 12.5. The first-order chi connectivity index (χ1) is 8.56. The summed E-state index contributed by atoms with van der Waals surface area (Å²) in [6, 6.07) is 7.96. The van der Waals surface area contributed by atoms with Crippen LogP contribution < -0.4 is 11.1 Å². The maximum absolute atomic E-state index is 12.1. The molecule has 100 valence electrons. The van der Waals surface area contributed by atoms with Gasteiger partial charge in [0.25, 0.3) is 0 Å². The average molecular weight is 248 g/mol. The number of nitrogens with one attached hydrogen (secondary N) is 1. The van der Waals surface area contributed by atoms with E-state index in [1.54, 1.807) is 0 Å². The molecule has 1 aromatic carbocycles. The molecule has 0 fully saturated rings. The largest absolute Gasteiger partial charge is 0.330 e. The molecule has 1 amide bonds. The van der Waals surface area contributed by atoms with E-state index in [0.29, 0.717) is 12.5 Å². The first kappa shape index (κ1) is 14.7. The molecule has 0 saturated heterocycles. The van der Waals surface area contributed by atoms with Crippen molar-refractivity contribution in [2.45, 2.75) is 33.6 Å². The molecule has 0 spiro atoms. The molecule has 1 rings (SSSR count). The highest BCUT2D eigenvalue weighted by atomic mass is 16.1. The van der Waals surface area contributed by atoms with E-state index in [1.165, 1.54) is 5.56 Å². The molecular weight excluding hydrogens is 224 g/mol. The molecule has 3 N–H and O–H groups in total. The summed E-state index contributed by atoms with van der Waals surface area (Å²) in [4.78, 5) is 12.1. The highest BCUT2D eigenvalue weighted by Crippen LogP contribution is 2.15. The highest BCUT2D eigenvalue weighted by molar-refractivity contribution is 5.92. The zero-order valence-corrected chi connectivity index (χ0v) is 11.6. The average Bonchev–Trinajstić information content (AvgIpc) is 2.35. The second kappa shape index (κ2) is 7.17. The minimum Gasteiger partial charge on any atom is -0.330 e. The van der Waals surface area contributed by atoms with Gasteiger partial charge in [-0.1, -0.05) is 32.9 Å². The lowest BCUT2D eigenvalue weighted by molar-refractivity contribution is -0.120. The zero-order chi connectivity index (χ0) is 13.5. The molecule has 0 radical (unpaired) electrons. The molecule has 0 aliphatic heterocycles. The van der Waals surface area contributed by atoms with Crippen molar-refractivity contribution >= 4 is 11.6 Å². The van der Waals surface area contributed by atoms with Crippen LogP contribution in [-0.4, -0.2) is 12.5 Å². The van der Waals surface area contributed by atoms with Crippen molar-refractivity contribution in [2.75, 3.05) is 11.9 Å². The minimum absolute atomic E-state index is 0.0273. The summed E-state index contributed by atoms with van der Waals surface area (Å²) in [7, 11) is 0. The molecule has 0 aliphatic carbocycles. The van der Waals surface area contributed by atoms with Crippen LogP contribution in [0.4, 0.5) is 5.69 Å². The Bertz CT molecular complexity index is 388. The Balaban J connectivity index is 2.67. The summed E-state index contributed by atoms with van der Waals surface area (Å²) in [6.07, 6.45) is 1.80. The number of carbonyl (C=O) groups is 1. The van der Waals surface area contributed by atoms with Gasteiger partial charge in [0.15, 0.2) is 0 Å². The third kappa shape index (κ3) is 4.49. The van der Waals surface area contributed by atoms with Crippen LogP contribution in [0.5, 0.6) is 0 Å². The predicted octanol–water partition coefficient (Wildman–Crippen LogP) is 2.81. The van der Waals surface area contributed by atoms with Crippen LogP contribution in [0.25, 0.3) is 0 Å². The minimum atomic E-state index is -0.102. The highest BCUT2D eigenvalue weighted by Gasteiger charge is 2.18. The van der Waals surface area contributed by atoms with Crippen LogP contribution in [-0.2, 0) is 11.2 Å². The molecule has 0 heterocycles. The molecule has 0 saturated carbocycles. The number of hydrogen-bond acceptors (Lipinski definition) is 2. The summed E-state index contributed by atoms with van der Waals surface area (Å²) >= 11 is 0. The first-order valence-electron chi connectivity index (χ1n) is 6.66. The number of amides is 1. The van der Waals surface area contributed by atoms with E-state index in [2.05, 4.69) is 32.2 Å². The fraction of sp³-hybridized carbons (Fsp3) is 0.533. The van der Waals surface area contributed by atoms with Crippen molar-refractivity contribution < 1.29 is 4.79 Å². The third-order valence-electron chi connectivity index (χ3n) is 3.01. The molecule has 3 heteroatoms. The lowest BCUT2D eigenvalue weighted by atomic mass is 9.96. The van der Waals surface area contributed by atoms with Gasteiger partial charge in [-0.3, -0.25) is 4.79 Å². The van der Waals surface area contributed by atoms with E-state index in [1.807, 2.05) is 18.2 Å². The summed E-state index contributed by atoms with van der Waals surface area (Å²) in [6.45, 7) is 6.71. The van der Waals surface area contributed by atoms with Gasteiger partial charge in [0.1, 0.15) is 0 Å². The Morgan fingerprint density at radius 2 is 2.11 bits per heavy atom. The molecular formula is C15H24N2O. The number of benzene rings is 1. The number of aryl methyl sites for hydroxylation is 1. The van der Waals surface area contributed by atoms with Gasteiger partial charge in [-0.15, -0.1) is 0 Å². The standard InChI is InChI=1S/C15H24N2O/c1-4-12-6-5-7-14(9-12)17-15(18)13(10-16)8-11(2)3/h5-7,9,11,13H,4,8,10,16H2,1-3H3,(H,17,18). The molecule has 18 heavy (non-hydrogen) atoms. The van der Waals surface area contributed by atoms with Crippen LogP contribution in [0.15, 0.2) is 24.3 Å².